The molecule has 1 unspecified atom stereocenters. The number of hydrogen-bond acceptors (Lipinski definition) is 3. The molecule has 1 aliphatic rings. The Bertz CT molecular complexity index is 357. The largest absolute Gasteiger partial charge is 0.314 e. The molecule has 2 rings (SSSR count). The quantitative estimate of drug-likeness (QED) is 0.746. The zero-order valence-electron chi connectivity index (χ0n) is 12.4. The molecule has 0 radical (unpaired) electrons. The molecule has 0 spiro atoms. The summed E-state index contributed by atoms with van der Waals surface area (Å²) in [6.45, 7) is 6.51. The van der Waals surface area contributed by atoms with Crippen LogP contribution in [-0.4, -0.2) is 27.4 Å². The van der Waals surface area contributed by atoms with E-state index in [4.69, 9.17) is 0 Å². The lowest BCUT2D eigenvalue weighted by molar-refractivity contribution is 0.256. The Morgan fingerprint density at radius 3 is 2.84 bits per heavy atom. The van der Waals surface area contributed by atoms with Crippen molar-refractivity contribution in [1.82, 2.24) is 20.1 Å². The maximum atomic E-state index is 4.45. The number of rotatable bonds is 9. The maximum absolute atomic E-state index is 4.45. The first-order valence-corrected chi connectivity index (χ1v) is 7.93. The first-order valence-electron chi connectivity index (χ1n) is 7.93. The lowest BCUT2D eigenvalue weighted by atomic mass is 9.80. The predicted octanol–water partition coefficient (Wildman–Crippen LogP) is 2.79. The number of nitrogens with one attached hydrogen (secondary N) is 1. The molecule has 1 N–H and O–H groups in total. The second kappa shape index (κ2) is 7.63. The predicted molar refractivity (Wildman–Crippen MR) is 78.1 cm³/mol. The summed E-state index contributed by atoms with van der Waals surface area (Å²) in [4.78, 5) is 4.45. The van der Waals surface area contributed by atoms with Crippen LogP contribution in [0.2, 0.25) is 0 Å². The summed E-state index contributed by atoms with van der Waals surface area (Å²) in [7, 11) is 0. The fraction of sp³-hybridized carbons (Fsp3) is 0.867. The van der Waals surface area contributed by atoms with E-state index in [1.54, 1.807) is 6.33 Å². The number of hydrogen-bond donors (Lipinski definition) is 1. The van der Waals surface area contributed by atoms with Crippen LogP contribution >= 0.6 is 0 Å². The third-order valence-corrected chi connectivity index (χ3v) is 4.09. The monoisotopic (exact) mass is 264 g/mol. The van der Waals surface area contributed by atoms with Gasteiger partial charge in [0.1, 0.15) is 12.2 Å². The van der Waals surface area contributed by atoms with E-state index >= 15 is 0 Å². The van der Waals surface area contributed by atoms with E-state index in [1.165, 1.54) is 32.1 Å². The fourth-order valence-corrected chi connectivity index (χ4v) is 2.78. The molecule has 0 aromatic carbocycles. The van der Waals surface area contributed by atoms with E-state index in [0.717, 1.165) is 37.7 Å². The second-order valence-electron chi connectivity index (χ2n) is 5.79. The molecule has 1 aliphatic carbocycles. The van der Waals surface area contributed by atoms with E-state index in [9.17, 15) is 0 Å². The van der Waals surface area contributed by atoms with Gasteiger partial charge in [-0.05, 0) is 31.7 Å². The van der Waals surface area contributed by atoms with Crippen molar-refractivity contribution >= 4 is 0 Å². The van der Waals surface area contributed by atoms with E-state index in [-0.39, 0.29) is 0 Å². The Morgan fingerprint density at radius 2 is 2.21 bits per heavy atom. The van der Waals surface area contributed by atoms with Crippen molar-refractivity contribution in [2.45, 2.75) is 71.4 Å². The van der Waals surface area contributed by atoms with Crippen molar-refractivity contribution < 1.29 is 0 Å². The molecule has 1 heterocycles. The molecule has 0 amide bonds. The van der Waals surface area contributed by atoms with Crippen molar-refractivity contribution in [3.63, 3.8) is 0 Å². The van der Waals surface area contributed by atoms with E-state index in [1.807, 2.05) is 0 Å². The van der Waals surface area contributed by atoms with Crippen LogP contribution in [0.1, 0.15) is 58.2 Å². The van der Waals surface area contributed by atoms with Crippen LogP contribution in [0.25, 0.3) is 0 Å². The minimum atomic E-state index is 0.574. The van der Waals surface area contributed by atoms with Gasteiger partial charge in [0.05, 0.1) is 0 Å². The standard InChI is InChI=1S/C15H28N4/c1-3-8-16-14(10-13-6-5-7-13)11-15-17-12-18-19(15)9-4-2/h12-14,16H,3-11H2,1-2H3. The van der Waals surface area contributed by atoms with Gasteiger partial charge in [-0.25, -0.2) is 4.98 Å². The molecule has 19 heavy (non-hydrogen) atoms. The molecule has 1 fully saturated rings. The molecule has 4 heteroatoms. The first-order chi connectivity index (χ1) is 9.33. The summed E-state index contributed by atoms with van der Waals surface area (Å²) < 4.78 is 2.07. The van der Waals surface area contributed by atoms with E-state index < -0.39 is 0 Å². The van der Waals surface area contributed by atoms with Gasteiger partial charge < -0.3 is 5.32 Å². The van der Waals surface area contributed by atoms with Crippen LogP contribution < -0.4 is 5.32 Å². The molecule has 1 saturated carbocycles. The van der Waals surface area contributed by atoms with Crippen LogP contribution in [0.5, 0.6) is 0 Å². The summed E-state index contributed by atoms with van der Waals surface area (Å²) in [6, 6.07) is 0.574. The number of aromatic nitrogens is 3. The smallest absolute Gasteiger partial charge is 0.138 e. The molecule has 1 atom stereocenters. The number of nitrogens with zero attached hydrogens (tertiary/aromatic N) is 3. The Labute approximate surface area is 117 Å². The van der Waals surface area contributed by atoms with Gasteiger partial charge in [-0.3, -0.25) is 4.68 Å². The van der Waals surface area contributed by atoms with Gasteiger partial charge >= 0.3 is 0 Å². The summed E-state index contributed by atoms with van der Waals surface area (Å²) >= 11 is 0. The second-order valence-corrected chi connectivity index (χ2v) is 5.79. The van der Waals surface area contributed by atoms with Crippen LogP contribution in [0, 0.1) is 5.92 Å². The highest BCUT2D eigenvalue weighted by atomic mass is 15.3. The Balaban J connectivity index is 1.90. The fourth-order valence-electron chi connectivity index (χ4n) is 2.78. The molecule has 4 nitrogen and oxygen atoms in total. The number of aryl methyl sites for hydroxylation is 1. The van der Waals surface area contributed by atoms with Gasteiger partial charge in [0, 0.05) is 19.0 Å². The summed E-state index contributed by atoms with van der Waals surface area (Å²) in [5.74, 6) is 2.09. The molecule has 1 aromatic rings. The van der Waals surface area contributed by atoms with Crippen LogP contribution in [0.3, 0.4) is 0 Å². The molecule has 0 saturated heterocycles. The van der Waals surface area contributed by atoms with Crippen molar-refractivity contribution in [1.29, 1.82) is 0 Å². The summed E-state index contributed by atoms with van der Waals surface area (Å²) in [5.41, 5.74) is 0. The van der Waals surface area contributed by atoms with Gasteiger partial charge in [-0.1, -0.05) is 33.1 Å². The average molecular weight is 264 g/mol. The molecular weight excluding hydrogens is 236 g/mol. The SMILES string of the molecule is CCCNC(Cc1ncnn1CCC)CC1CCC1. The highest BCUT2D eigenvalue weighted by molar-refractivity contribution is 4.91. The van der Waals surface area contributed by atoms with Crippen LogP contribution in [-0.2, 0) is 13.0 Å². The third-order valence-electron chi connectivity index (χ3n) is 4.09. The van der Waals surface area contributed by atoms with Gasteiger partial charge in [-0.2, -0.15) is 5.10 Å². The lowest BCUT2D eigenvalue weighted by Crippen LogP contribution is -2.36. The highest BCUT2D eigenvalue weighted by Crippen LogP contribution is 2.31. The topological polar surface area (TPSA) is 42.7 Å². The van der Waals surface area contributed by atoms with Crippen molar-refractivity contribution in [3.05, 3.63) is 12.2 Å². The Kier molecular flexibility index (Phi) is 5.83. The van der Waals surface area contributed by atoms with E-state index in [2.05, 4.69) is 33.9 Å². The van der Waals surface area contributed by atoms with Crippen molar-refractivity contribution in [2.24, 2.45) is 5.92 Å². The van der Waals surface area contributed by atoms with Crippen molar-refractivity contribution in [3.8, 4) is 0 Å². The zero-order valence-corrected chi connectivity index (χ0v) is 12.4. The van der Waals surface area contributed by atoms with Crippen LogP contribution in [0.15, 0.2) is 6.33 Å². The van der Waals surface area contributed by atoms with Crippen LogP contribution in [0.4, 0.5) is 0 Å². The van der Waals surface area contributed by atoms with Gasteiger partial charge in [0.2, 0.25) is 0 Å². The third kappa shape index (κ3) is 4.30. The normalized spacial score (nSPS) is 17.4. The lowest BCUT2D eigenvalue weighted by Gasteiger charge is -2.30. The first kappa shape index (κ1) is 14.5. The molecule has 1 aromatic heterocycles. The summed E-state index contributed by atoms with van der Waals surface area (Å²) in [6.07, 6.45) is 10.6. The molecule has 108 valence electrons. The Hall–Kier alpha value is -0.900. The minimum absolute atomic E-state index is 0.574. The molecule has 0 bridgehead atoms. The molecule has 0 aliphatic heterocycles. The highest BCUT2D eigenvalue weighted by Gasteiger charge is 2.23. The van der Waals surface area contributed by atoms with Gasteiger partial charge in [-0.15, -0.1) is 0 Å². The Morgan fingerprint density at radius 1 is 1.37 bits per heavy atom. The molecular formula is C15H28N4. The maximum Gasteiger partial charge on any atom is 0.138 e. The average Bonchev–Trinajstić information content (AvgIpc) is 2.78. The minimum Gasteiger partial charge on any atom is -0.314 e. The van der Waals surface area contributed by atoms with Gasteiger partial charge in [0.25, 0.3) is 0 Å². The van der Waals surface area contributed by atoms with Gasteiger partial charge in [0.15, 0.2) is 0 Å². The van der Waals surface area contributed by atoms with Crippen molar-refractivity contribution in [2.75, 3.05) is 6.54 Å². The summed E-state index contributed by atoms with van der Waals surface area (Å²) in [5, 5.41) is 8.03. The van der Waals surface area contributed by atoms with E-state index in [0.29, 0.717) is 6.04 Å². The zero-order chi connectivity index (χ0) is 13.5.